The number of rotatable bonds is 2. The molecule has 1 heterocycles. The van der Waals surface area contributed by atoms with E-state index in [-0.39, 0.29) is 11.0 Å². The molecule has 0 aliphatic heterocycles. The maximum Gasteiger partial charge on any atom is 0.488 e. The minimum atomic E-state index is -1.90. The van der Waals surface area contributed by atoms with Gasteiger partial charge in [-0.25, -0.2) is 8.78 Å². The summed E-state index contributed by atoms with van der Waals surface area (Å²) in [5.41, 5.74) is -0.0939. The van der Waals surface area contributed by atoms with Gasteiger partial charge in [-0.05, 0) is 35.3 Å². The van der Waals surface area contributed by atoms with Gasteiger partial charge in [0, 0.05) is 12.4 Å². The summed E-state index contributed by atoms with van der Waals surface area (Å²) >= 11 is 0. The smallest absolute Gasteiger partial charge is 0.423 e. The molecule has 2 N–H and O–H groups in total. The molecule has 86 valence electrons. The molecule has 3 nitrogen and oxygen atoms in total. The Kier molecular flexibility index (Phi) is 3.17. The van der Waals surface area contributed by atoms with E-state index in [1.54, 1.807) is 0 Å². The van der Waals surface area contributed by atoms with Crippen molar-refractivity contribution in [3.05, 3.63) is 48.3 Å². The van der Waals surface area contributed by atoms with E-state index in [1.807, 2.05) is 0 Å². The average molecular weight is 235 g/mol. The third-order valence-electron chi connectivity index (χ3n) is 2.33. The molecule has 0 radical (unpaired) electrons. The van der Waals surface area contributed by atoms with E-state index in [0.717, 1.165) is 12.1 Å². The molecule has 0 aliphatic rings. The van der Waals surface area contributed by atoms with Crippen LogP contribution in [-0.2, 0) is 0 Å². The fourth-order valence-electron chi connectivity index (χ4n) is 1.54. The van der Waals surface area contributed by atoms with Gasteiger partial charge in [-0.15, -0.1) is 0 Å². The first-order chi connectivity index (χ1) is 8.09. The van der Waals surface area contributed by atoms with E-state index >= 15 is 0 Å². The highest BCUT2D eigenvalue weighted by molar-refractivity contribution is 6.58. The minimum absolute atomic E-state index is 0.211. The summed E-state index contributed by atoms with van der Waals surface area (Å²) in [5.74, 6) is -1.70. The van der Waals surface area contributed by atoms with Crippen LogP contribution in [0.4, 0.5) is 8.78 Å². The highest BCUT2D eigenvalue weighted by Crippen LogP contribution is 2.24. The molecule has 0 saturated heterocycles. The van der Waals surface area contributed by atoms with Gasteiger partial charge in [0.15, 0.2) is 0 Å². The largest absolute Gasteiger partial charge is 0.488 e. The second kappa shape index (κ2) is 4.61. The van der Waals surface area contributed by atoms with Gasteiger partial charge in [-0.2, -0.15) is 0 Å². The first kappa shape index (κ1) is 11.7. The molecule has 0 fully saturated rings. The van der Waals surface area contributed by atoms with Gasteiger partial charge in [-0.1, -0.05) is 0 Å². The summed E-state index contributed by atoms with van der Waals surface area (Å²) in [4.78, 5) is 3.75. The molecule has 2 rings (SSSR count). The Balaban J connectivity index is 2.57. The van der Waals surface area contributed by atoms with Crippen molar-refractivity contribution in [2.24, 2.45) is 0 Å². The second-order valence-electron chi connectivity index (χ2n) is 3.47. The van der Waals surface area contributed by atoms with Gasteiger partial charge in [0.25, 0.3) is 0 Å². The number of aromatic nitrogens is 1. The lowest BCUT2D eigenvalue weighted by Gasteiger charge is -2.07. The Morgan fingerprint density at radius 3 is 2.00 bits per heavy atom. The van der Waals surface area contributed by atoms with Crippen LogP contribution in [0, 0.1) is 11.6 Å². The Morgan fingerprint density at radius 1 is 1.00 bits per heavy atom. The molecule has 0 aliphatic carbocycles. The number of hydrogen-bond acceptors (Lipinski definition) is 3. The predicted molar refractivity (Wildman–Crippen MR) is 59.4 cm³/mol. The number of pyridine rings is 1. The Bertz CT molecular complexity index is 511. The fourth-order valence-corrected chi connectivity index (χ4v) is 1.54. The summed E-state index contributed by atoms with van der Waals surface area (Å²) in [6.45, 7) is 0. The highest BCUT2D eigenvalue weighted by atomic mass is 19.1. The molecule has 2 aromatic rings. The molecule has 0 atom stereocenters. The van der Waals surface area contributed by atoms with Crippen LogP contribution in [-0.4, -0.2) is 22.2 Å². The summed E-state index contributed by atoms with van der Waals surface area (Å²) in [6, 6.07) is 4.72. The van der Waals surface area contributed by atoms with Crippen LogP contribution in [0.15, 0.2) is 36.7 Å². The molecule has 6 heteroatoms. The zero-order chi connectivity index (χ0) is 12.4. The maximum atomic E-state index is 13.7. The van der Waals surface area contributed by atoms with Crippen molar-refractivity contribution in [2.45, 2.75) is 0 Å². The van der Waals surface area contributed by atoms with E-state index in [1.165, 1.54) is 24.5 Å². The number of nitrogens with zero attached hydrogens (tertiary/aromatic N) is 1. The van der Waals surface area contributed by atoms with Crippen LogP contribution in [0.3, 0.4) is 0 Å². The monoisotopic (exact) mass is 235 g/mol. The lowest BCUT2D eigenvalue weighted by Crippen LogP contribution is -2.30. The van der Waals surface area contributed by atoms with E-state index in [9.17, 15) is 8.78 Å². The molecular formula is C11H8BF2NO2. The minimum Gasteiger partial charge on any atom is -0.423 e. The van der Waals surface area contributed by atoms with Crippen molar-refractivity contribution in [1.82, 2.24) is 4.98 Å². The normalized spacial score (nSPS) is 10.4. The van der Waals surface area contributed by atoms with Crippen molar-refractivity contribution in [1.29, 1.82) is 0 Å². The zero-order valence-corrected chi connectivity index (χ0v) is 8.64. The highest BCUT2D eigenvalue weighted by Gasteiger charge is 2.18. The van der Waals surface area contributed by atoms with E-state index in [0.29, 0.717) is 5.56 Å². The molecule has 1 aromatic carbocycles. The molecule has 0 saturated carbocycles. The SMILES string of the molecule is OB(O)c1cc(F)c(-c2ccncc2)c(F)c1. The van der Waals surface area contributed by atoms with Crippen molar-refractivity contribution >= 4 is 12.6 Å². The van der Waals surface area contributed by atoms with E-state index < -0.39 is 18.8 Å². The quantitative estimate of drug-likeness (QED) is 0.753. The Labute approximate surface area is 96.5 Å². The van der Waals surface area contributed by atoms with Crippen molar-refractivity contribution in [3.8, 4) is 11.1 Å². The van der Waals surface area contributed by atoms with Crippen LogP contribution < -0.4 is 5.46 Å². The molecule has 0 unspecified atom stereocenters. The van der Waals surface area contributed by atoms with Gasteiger partial charge < -0.3 is 10.0 Å². The van der Waals surface area contributed by atoms with Crippen molar-refractivity contribution < 1.29 is 18.8 Å². The summed E-state index contributed by atoms with van der Waals surface area (Å²) in [6.07, 6.45) is 2.84. The third kappa shape index (κ3) is 2.32. The van der Waals surface area contributed by atoms with E-state index in [4.69, 9.17) is 10.0 Å². The Hall–Kier alpha value is -1.79. The molecule has 0 bridgehead atoms. The zero-order valence-electron chi connectivity index (χ0n) is 8.64. The van der Waals surface area contributed by atoms with Crippen LogP contribution in [0.5, 0.6) is 0 Å². The van der Waals surface area contributed by atoms with E-state index in [2.05, 4.69) is 4.98 Å². The first-order valence-electron chi connectivity index (χ1n) is 4.85. The van der Waals surface area contributed by atoms with Crippen LogP contribution in [0.1, 0.15) is 0 Å². The fraction of sp³-hybridized carbons (Fsp3) is 0. The third-order valence-corrected chi connectivity index (χ3v) is 2.33. The predicted octanol–water partition coefficient (Wildman–Crippen LogP) is 0.707. The Morgan fingerprint density at radius 2 is 1.53 bits per heavy atom. The topological polar surface area (TPSA) is 53.4 Å². The number of hydrogen-bond donors (Lipinski definition) is 2. The number of halogens is 2. The molecule has 0 amide bonds. The van der Waals surface area contributed by atoms with Crippen LogP contribution in [0.25, 0.3) is 11.1 Å². The lowest BCUT2D eigenvalue weighted by atomic mass is 9.79. The summed E-state index contributed by atoms with van der Waals surface area (Å²) in [7, 11) is -1.90. The molecule has 1 aromatic heterocycles. The number of benzene rings is 1. The summed E-state index contributed by atoms with van der Waals surface area (Å²) in [5, 5.41) is 17.7. The first-order valence-corrected chi connectivity index (χ1v) is 4.85. The molecule has 0 spiro atoms. The van der Waals surface area contributed by atoms with Gasteiger partial charge in [-0.3, -0.25) is 4.98 Å². The van der Waals surface area contributed by atoms with Gasteiger partial charge in [0.1, 0.15) is 11.6 Å². The standard InChI is InChI=1S/C11H8BF2NO2/c13-9-5-8(12(16)17)6-10(14)11(9)7-1-3-15-4-2-7/h1-6,16-17H. The second-order valence-corrected chi connectivity index (χ2v) is 3.47. The average Bonchev–Trinajstić information content (AvgIpc) is 2.29. The van der Waals surface area contributed by atoms with Crippen molar-refractivity contribution in [3.63, 3.8) is 0 Å². The molecular weight excluding hydrogens is 227 g/mol. The maximum absolute atomic E-state index is 13.7. The van der Waals surface area contributed by atoms with Gasteiger partial charge >= 0.3 is 7.12 Å². The lowest BCUT2D eigenvalue weighted by molar-refractivity contribution is 0.425. The van der Waals surface area contributed by atoms with Crippen molar-refractivity contribution in [2.75, 3.05) is 0 Å². The summed E-state index contributed by atoms with van der Waals surface area (Å²) < 4.78 is 27.3. The van der Waals surface area contributed by atoms with Gasteiger partial charge in [0.05, 0.1) is 5.56 Å². The van der Waals surface area contributed by atoms with Gasteiger partial charge in [0.2, 0.25) is 0 Å². The molecule has 17 heavy (non-hydrogen) atoms. The van der Waals surface area contributed by atoms with Crippen LogP contribution >= 0.6 is 0 Å². The van der Waals surface area contributed by atoms with Crippen LogP contribution in [0.2, 0.25) is 0 Å².